The predicted octanol–water partition coefficient (Wildman–Crippen LogP) is 6.74. The molecule has 1 aromatic heterocycles. The summed E-state index contributed by atoms with van der Waals surface area (Å²) in [6.45, 7) is 7.30. The number of amides is 3. The van der Waals surface area contributed by atoms with Crippen LogP contribution in [0.1, 0.15) is 37.0 Å². The Morgan fingerprint density at radius 3 is 2.08 bits per heavy atom. The van der Waals surface area contributed by atoms with Gasteiger partial charge in [-0.05, 0) is 61.3 Å². The van der Waals surface area contributed by atoms with Crippen molar-refractivity contribution in [2.24, 2.45) is 0 Å². The monoisotopic (exact) mass is 544 g/mol. The summed E-state index contributed by atoms with van der Waals surface area (Å²) >= 11 is 13.7. The lowest BCUT2D eigenvalue weighted by molar-refractivity contribution is 0.0953. The van der Waals surface area contributed by atoms with Gasteiger partial charge in [0.2, 0.25) is 0 Å². The summed E-state index contributed by atoms with van der Waals surface area (Å²) in [6, 6.07) is 14.7. The first kappa shape index (κ1) is 26.5. The van der Waals surface area contributed by atoms with E-state index in [2.05, 4.69) is 34.7 Å². The van der Waals surface area contributed by atoms with Crippen molar-refractivity contribution in [1.82, 2.24) is 15.5 Å². The first-order valence-electron chi connectivity index (χ1n) is 12.2. The Balaban J connectivity index is 1.73. The van der Waals surface area contributed by atoms with E-state index in [0.717, 1.165) is 54.0 Å². The van der Waals surface area contributed by atoms with Gasteiger partial charge in [-0.1, -0.05) is 61.3 Å². The highest BCUT2D eigenvalue weighted by Gasteiger charge is 2.30. The molecule has 36 heavy (non-hydrogen) atoms. The second-order valence-corrected chi connectivity index (χ2v) is 10.6. The number of thiophene rings is 1. The smallest absolute Gasteiger partial charge is 0.319 e. The van der Waals surface area contributed by atoms with Gasteiger partial charge in [0.25, 0.3) is 5.91 Å². The molecule has 0 radical (unpaired) electrons. The molecule has 3 N–H and O–H groups in total. The zero-order valence-electron chi connectivity index (χ0n) is 20.4. The third-order valence-corrected chi connectivity index (χ3v) is 7.78. The van der Waals surface area contributed by atoms with Gasteiger partial charge in [0.15, 0.2) is 0 Å². The molecule has 3 amide bonds. The summed E-state index contributed by atoms with van der Waals surface area (Å²) < 4.78 is 0. The minimum absolute atomic E-state index is 0.171. The van der Waals surface area contributed by atoms with E-state index in [1.807, 2.05) is 36.4 Å². The lowest BCUT2D eigenvalue weighted by Gasteiger charge is -2.18. The SMILES string of the molecule is CCN(CC)CCNC(=O)Nc1sc(-c2ccc(Cl)cc2)c(-c2ccc(Cl)cc2)c1C(=O)NC1CC1. The Labute approximate surface area is 226 Å². The van der Waals surface area contributed by atoms with Gasteiger partial charge in [-0.3, -0.25) is 10.1 Å². The topological polar surface area (TPSA) is 73.5 Å². The lowest BCUT2D eigenvalue weighted by atomic mass is 9.97. The number of anilines is 1. The number of nitrogens with one attached hydrogen (secondary N) is 3. The average molecular weight is 546 g/mol. The van der Waals surface area contributed by atoms with E-state index in [-0.39, 0.29) is 18.0 Å². The number of hydrogen-bond acceptors (Lipinski definition) is 4. The maximum atomic E-state index is 13.5. The molecule has 4 rings (SSSR count). The van der Waals surface area contributed by atoms with Gasteiger partial charge in [-0.15, -0.1) is 11.3 Å². The Morgan fingerprint density at radius 1 is 0.944 bits per heavy atom. The highest BCUT2D eigenvalue weighted by atomic mass is 35.5. The maximum Gasteiger partial charge on any atom is 0.319 e. The second kappa shape index (κ2) is 12.1. The number of halogens is 2. The standard InChI is InChI=1S/C27H30Cl2N4O2S/c1-3-33(4-2)16-15-30-27(35)32-26-23(25(34)31-21-13-14-21)22(17-5-9-19(28)10-6-17)24(36-26)18-7-11-20(29)12-8-18/h5-12,21H,3-4,13-16H2,1-2H3,(H,31,34)(H2,30,32,35). The van der Waals surface area contributed by atoms with Crippen LogP contribution in [0.25, 0.3) is 21.6 Å². The second-order valence-electron chi connectivity index (χ2n) is 8.68. The average Bonchev–Trinajstić information content (AvgIpc) is 3.61. The van der Waals surface area contributed by atoms with Crippen LogP contribution in [-0.2, 0) is 0 Å². The summed E-state index contributed by atoms with van der Waals surface area (Å²) in [7, 11) is 0. The molecule has 0 bridgehead atoms. The molecule has 3 aromatic rings. The molecule has 1 aliphatic rings. The summed E-state index contributed by atoms with van der Waals surface area (Å²) in [5, 5.41) is 10.7. The van der Waals surface area contributed by atoms with Crippen molar-refractivity contribution in [3.8, 4) is 21.6 Å². The van der Waals surface area contributed by atoms with Crippen LogP contribution in [0.15, 0.2) is 48.5 Å². The van der Waals surface area contributed by atoms with Gasteiger partial charge >= 0.3 is 6.03 Å². The van der Waals surface area contributed by atoms with Gasteiger partial charge in [0, 0.05) is 39.6 Å². The number of benzene rings is 2. The maximum absolute atomic E-state index is 13.5. The first-order chi connectivity index (χ1) is 17.4. The molecule has 1 heterocycles. The number of carbonyl (C=O) groups excluding carboxylic acids is 2. The molecule has 0 atom stereocenters. The van der Waals surface area contributed by atoms with Crippen LogP contribution in [0.5, 0.6) is 0 Å². The minimum Gasteiger partial charge on any atom is -0.349 e. The van der Waals surface area contributed by atoms with Crippen molar-refractivity contribution in [1.29, 1.82) is 0 Å². The molecular weight excluding hydrogens is 515 g/mol. The molecule has 1 aliphatic carbocycles. The van der Waals surface area contributed by atoms with E-state index in [4.69, 9.17) is 23.2 Å². The van der Waals surface area contributed by atoms with E-state index in [0.29, 0.717) is 27.2 Å². The summed E-state index contributed by atoms with van der Waals surface area (Å²) in [6.07, 6.45) is 1.93. The summed E-state index contributed by atoms with van der Waals surface area (Å²) in [4.78, 5) is 29.5. The number of carbonyl (C=O) groups is 2. The van der Waals surface area contributed by atoms with Crippen molar-refractivity contribution < 1.29 is 9.59 Å². The van der Waals surface area contributed by atoms with Gasteiger partial charge in [-0.2, -0.15) is 0 Å². The van der Waals surface area contributed by atoms with Crippen LogP contribution in [0.3, 0.4) is 0 Å². The highest BCUT2D eigenvalue weighted by molar-refractivity contribution is 7.20. The Bertz CT molecular complexity index is 1200. The number of hydrogen-bond donors (Lipinski definition) is 3. The van der Waals surface area contributed by atoms with E-state index < -0.39 is 0 Å². The summed E-state index contributed by atoms with van der Waals surface area (Å²) in [5.41, 5.74) is 2.97. The third kappa shape index (κ3) is 6.59. The molecule has 0 spiro atoms. The Kier molecular flexibility index (Phi) is 8.90. The van der Waals surface area contributed by atoms with Crippen molar-refractivity contribution in [3.63, 3.8) is 0 Å². The predicted molar refractivity (Wildman–Crippen MR) is 151 cm³/mol. The molecule has 2 aromatic carbocycles. The van der Waals surface area contributed by atoms with E-state index in [1.54, 1.807) is 12.1 Å². The molecule has 9 heteroatoms. The van der Waals surface area contributed by atoms with Gasteiger partial charge in [0.1, 0.15) is 5.00 Å². The molecule has 1 saturated carbocycles. The normalized spacial score (nSPS) is 13.0. The number of nitrogens with zero attached hydrogens (tertiary/aromatic N) is 1. The third-order valence-electron chi connectivity index (χ3n) is 6.12. The Morgan fingerprint density at radius 2 is 1.53 bits per heavy atom. The molecule has 1 fully saturated rings. The number of urea groups is 1. The van der Waals surface area contributed by atoms with E-state index in [1.165, 1.54) is 11.3 Å². The fourth-order valence-electron chi connectivity index (χ4n) is 3.93. The summed E-state index contributed by atoms with van der Waals surface area (Å²) in [5.74, 6) is -0.197. The highest BCUT2D eigenvalue weighted by Crippen LogP contribution is 2.46. The van der Waals surface area contributed by atoms with Crippen molar-refractivity contribution in [2.45, 2.75) is 32.7 Å². The van der Waals surface area contributed by atoms with Crippen LogP contribution in [0, 0.1) is 0 Å². The van der Waals surface area contributed by atoms with Crippen molar-refractivity contribution in [2.75, 3.05) is 31.5 Å². The van der Waals surface area contributed by atoms with Crippen LogP contribution in [0.4, 0.5) is 9.80 Å². The molecule has 0 unspecified atom stereocenters. The molecule has 0 aliphatic heterocycles. The fourth-order valence-corrected chi connectivity index (χ4v) is 5.40. The minimum atomic E-state index is -0.339. The van der Waals surface area contributed by atoms with Gasteiger partial charge < -0.3 is 15.5 Å². The van der Waals surface area contributed by atoms with Crippen molar-refractivity contribution >= 4 is 51.5 Å². The van der Waals surface area contributed by atoms with Crippen molar-refractivity contribution in [3.05, 3.63) is 64.1 Å². The molecule has 190 valence electrons. The largest absolute Gasteiger partial charge is 0.349 e. The molecule has 0 saturated heterocycles. The quantitative estimate of drug-likeness (QED) is 0.264. The molecule has 6 nitrogen and oxygen atoms in total. The first-order valence-corrected chi connectivity index (χ1v) is 13.7. The number of rotatable bonds is 10. The Hall–Kier alpha value is -2.58. The van der Waals surface area contributed by atoms with Gasteiger partial charge in [0.05, 0.1) is 5.56 Å². The zero-order chi connectivity index (χ0) is 25.7. The van der Waals surface area contributed by atoms with Crippen LogP contribution >= 0.6 is 34.5 Å². The zero-order valence-corrected chi connectivity index (χ0v) is 22.7. The van der Waals surface area contributed by atoms with Crippen LogP contribution in [-0.4, -0.2) is 49.1 Å². The lowest BCUT2D eigenvalue weighted by Crippen LogP contribution is -2.37. The van der Waals surface area contributed by atoms with Gasteiger partial charge in [-0.25, -0.2) is 4.79 Å². The molecular formula is C27H30Cl2N4O2S. The fraction of sp³-hybridized carbons (Fsp3) is 0.333. The number of likely N-dealkylation sites (N-methyl/N-ethyl adjacent to an activating group) is 1. The van der Waals surface area contributed by atoms with E-state index in [9.17, 15) is 9.59 Å². The van der Waals surface area contributed by atoms with Crippen LogP contribution in [0.2, 0.25) is 10.0 Å². The van der Waals surface area contributed by atoms with Crippen LogP contribution < -0.4 is 16.0 Å². The van der Waals surface area contributed by atoms with E-state index >= 15 is 0 Å².